The maximum atomic E-state index is 12.2. The molecule has 0 aliphatic carbocycles. The Balaban J connectivity index is 1.93. The lowest BCUT2D eigenvalue weighted by Crippen LogP contribution is -2.25. The highest BCUT2D eigenvalue weighted by molar-refractivity contribution is 9.11. The van der Waals surface area contributed by atoms with Crippen LogP contribution in [-0.2, 0) is 16.4 Å². The molecule has 2 aromatic rings. The number of thiophene rings is 1. The third-order valence-electron chi connectivity index (χ3n) is 2.97. The minimum absolute atomic E-state index is 0.0949. The topological polar surface area (TPSA) is 37.4 Å². The highest BCUT2D eigenvalue weighted by Crippen LogP contribution is 2.23. The Morgan fingerprint density at radius 3 is 2.43 bits per heavy atom. The summed E-state index contributed by atoms with van der Waals surface area (Å²) < 4.78 is 25.5. The smallest absolute Gasteiger partial charge is 0.179 e. The summed E-state index contributed by atoms with van der Waals surface area (Å²) >= 11 is 10.9. The monoisotopic (exact) mass is 407 g/mol. The Labute approximate surface area is 142 Å². The van der Waals surface area contributed by atoms with Gasteiger partial charge in [-0.1, -0.05) is 11.6 Å². The fourth-order valence-corrected chi connectivity index (χ4v) is 4.85. The zero-order valence-corrected chi connectivity index (χ0v) is 15.4. The van der Waals surface area contributed by atoms with Gasteiger partial charge in [-0.3, -0.25) is 0 Å². The SMILES string of the molecule is CN(CCS(=O)(=O)c1ccc(Cl)cc1)Cc1ccc(Br)s1. The van der Waals surface area contributed by atoms with E-state index in [0.29, 0.717) is 16.5 Å². The minimum Gasteiger partial charge on any atom is -0.300 e. The van der Waals surface area contributed by atoms with Gasteiger partial charge in [0.25, 0.3) is 0 Å². The summed E-state index contributed by atoms with van der Waals surface area (Å²) in [5.74, 6) is 0.0949. The highest BCUT2D eigenvalue weighted by atomic mass is 79.9. The Hall–Kier alpha value is -0.400. The first-order valence-corrected chi connectivity index (χ1v) is 9.92. The summed E-state index contributed by atoms with van der Waals surface area (Å²) in [6, 6.07) is 10.3. The summed E-state index contributed by atoms with van der Waals surface area (Å²) in [5, 5.41) is 0.536. The molecule has 7 heteroatoms. The van der Waals surface area contributed by atoms with Crippen LogP contribution in [0.25, 0.3) is 0 Å². The molecule has 2 rings (SSSR count). The lowest BCUT2D eigenvalue weighted by atomic mass is 10.4. The van der Waals surface area contributed by atoms with Gasteiger partial charge in [0, 0.05) is 23.0 Å². The Bertz CT molecular complexity index is 698. The number of nitrogens with zero attached hydrogens (tertiary/aromatic N) is 1. The van der Waals surface area contributed by atoms with Crippen LogP contribution in [0.3, 0.4) is 0 Å². The van der Waals surface area contributed by atoms with Crippen molar-refractivity contribution in [1.29, 1.82) is 0 Å². The van der Waals surface area contributed by atoms with Crippen molar-refractivity contribution in [3.05, 3.63) is 50.1 Å². The first kappa shape index (κ1) is 17.0. The molecule has 0 saturated heterocycles. The third-order valence-corrected chi connectivity index (χ3v) is 6.54. The van der Waals surface area contributed by atoms with Crippen molar-refractivity contribution in [1.82, 2.24) is 4.90 Å². The molecular weight excluding hydrogens is 394 g/mol. The van der Waals surface area contributed by atoms with Crippen LogP contribution >= 0.6 is 38.9 Å². The van der Waals surface area contributed by atoms with E-state index in [1.54, 1.807) is 35.6 Å². The average Bonchev–Trinajstić information content (AvgIpc) is 2.82. The quantitative estimate of drug-likeness (QED) is 0.723. The molecule has 0 saturated carbocycles. The number of hydrogen-bond acceptors (Lipinski definition) is 4. The normalized spacial score (nSPS) is 12.0. The van der Waals surface area contributed by atoms with E-state index in [-0.39, 0.29) is 5.75 Å². The molecule has 0 aliphatic rings. The van der Waals surface area contributed by atoms with Crippen LogP contribution in [-0.4, -0.2) is 32.7 Å². The number of halogens is 2. The lowest BCUT2D eigenvalue weighted by molar-refractivity contribution is 0.349. The van der Waals surface area contributed by atoms with Crippen LogP contribution in [0.1, 0.15) is 4.88 Å². The van der Waals surface area contributed by atoms with Crippen molar-refractivity contribution in [2.75, 3.05) is 19.3 Å². The molecule has 0 radical (unpaired) electrons. The molecule has 0 N–H and O–H groups in total. The molecule has 1 heterocycles. The van der Waals surface area contributed by atoms with E-state index in [9.17, 15) is 8.42 Å². The summed E-state index contributed by atoms with van der Waals surface area (Å²) in [5.41, 5.74) is 0. The predicted octanol–water partition coefficient (Wildman–Crippen LogP) is 4.07. The lowest BCUT2D eigenvalue weighted by Gasteiger charge is -2.15. The van der Waals surface area contributed by atoms with Gasteiger partial charge in [0.05, 0.1) is 14.4 Å². The van der Waals surface area contributed by atoms with Crippen molar-refractivity contribution in [3.63, 3.8) is 0 Å². The standard InChI is InChI=1S/C14H15BrClNO2S2/c1-17(10-12-4-7-14(15)20-12)8-9-21(18,19)13-5-2-11(16)3-6-13/h2-7H,8-10H2,1H3. The first-order valence-electron chi connectivity index (χ1n) is 6.28. The van der Waals surface area contributed by atoms with Crippen molar-refractivity contribution in [3.8, 4) is 0 Å². The molecule has 0 bridgehead atoms. The van der Waals surface area contributed by atoms with E-state index in [4.69, 9.17) is 11.6 Å². The first-order chi connectivity index (χ1) is 9.87. The van der Waals surface area contributed by atoms with E-state index >= 15 is 0 Å². The predicted molar refractivity (Wildman–Crippen MR) is 91.9 cm³/mol. The fraction of sp³-hybridized carbons (Fsp3) is 0.286. The van der Waals surface area contributed by atoms with Crippen LogP contribution in [0.15, 0.2) is 45.1 Å². The van der Waals surface area contributed by atoms with Crippen molar-refractivity contribution in [2.24, 2.45) is 0 Å². The van der Waals surface area contributed by atoms with Crippen LogP contribution in [0.2, 0.25) is 5.02 Å². The van der Waals surface area contributed by atoms with Crippen molar-refractivity contribution in [2.45, 2.75) is 11.4 Å². The van der Waals surface area contributed by atoms with Gasteiger partial charge in [0.1, 0.15) is 0 Å². The van der Waals surface area contributed by atoms with E-state index in [1.807, 2.05) is 24.1 Å². The van der Waals surface area contributed by atoms with Gasteiger partial charge in [0.2, 0.25) is 0 Å². The number of rotatable bonds is 6. The summed E-state index contributed by atoms with van der Waals surface area (Å²) in [7, 11) is -1.34. The molecule has 0 amide bonds. The molecule has 0 spiro atoms. The average molecular weight is 409 g/mol. The van der Waals surface area contributed by atoms with Crippen LogP contribution in [0.4, 0.5) is 0 Å². The van der Waals surface area contributed by atoms with Gasteiger partial charge in [-0.05, 0) is 59.4 Å². The van der Waals surface area contributed by atoms with E-state index in [2.05, 4.69) is 15.9 Å². The van der Waals surface area contributed by atoms with Crippen LogP contribution in [0.5, 0.6) is 0 Å². The van der Waals surface area contributed by atoms with Gasteiger partial charge in [-0.2, -0.15) is 0 Å². The molecule has 0 atom stereocenters. The van der Waals surface area contributed by atoms with Crippen LogP contribution < -0.4 is 0 Å². The van der Waals surface area contributed by atoms with Gasteiger partial charge in [0.15, 0.2) is 9.84 Å². The van der Waals surface area contributed by atoms with Crippen molar-refractivity contribution >= 4 is 48.7 Å². The number of sulfone groups is 1. The molecule has 3 nitrogen and oxygen atoms in total. The summed E-state index contributed by atoms with van der Waals surface area (Å²) in [6.45, 7) is 1.23. The van der Waals surface area contributed by atoms with Gasteiger partial charge in [-0.15, -0.1) is 11.3 Å². The second kappa shape index (κ2) is 7.24. The summed E-state index contributed by atoms with van der Waals surface area (Å²) in [6.07, 6.45) is 0. The number of benzene rings is 1. The Morgan fingerprint density at radius 1 is 1.19 bits per heavy atom. The van der Waals surface area contributed by atoms with Crippen LogP contribution in [0, 0.1) is 0 Å². The molecule has 0 aliphatic heterocycles. The maximum absolute atomic E-state index is 12.2. The molecular formula is C14H15BrClNO2S2. The molecule has 21 heavy (non-hydrogen) atoms. The largest absolute Gasteiger partial charge is 0.300 e. The van der Waals surface area contributed by atoms with Gasteiger partial charge >= 0.3 is 0 Å². The van der Waals surface area contributed by atoms with E-state index in [1.165, 1.54) is 4.88 Å². The van der Waals surface area contributed by atoms with Gasteiger partial charge in [-0.25, -0.2) is 8.42 Å². The molecule has 1 aromatic carbocycles. The zero-order valence-electron chi connectivity index (χ0n) is 11.4. The third kappa shape index (κ3) is 5.07. The molecule has 0 unspecified atom stereocenters. The molecule has 114 valence electrons. The van der Waals surface area contributed by atoms with E-state index in [0.717, 1.165) is 10.3 Å². The zero-order chi connectivity index (χ0) is 15.5. The summed E-state index contributed by atoms with van der Waals surface area (Å²) in [4.78, 5) is 3.53. The van der Waals surface area contributed by atoms with E-state index < -0.39 is 9.84 Å². The Morgan fingerprint density at radius 2 is 1.86 bits per heavy atom. The minimum atomic E-state index is -3.27. The molecule has 1 aromatic heterocycles. The molecule has 0 fully saturated rings. The highest BCUT2D eigenvalue weighted by Gasteiger charge is 2.15. The van der Waals surface area contributed by atoms with Crippen molar-refractivity contribution < 1.29 is 8.42 Å². The maximum Gasteiger partial charge on any atom is 0.179 e. The Kier molecular flexibility index (Phi) is 5.85. The fourth-order valence-electron chi connectivity index (χ4n) is 1.82. The second-order valence-corrected chi connectivity index (χ2v) is 9.81. The number of hydrogen-bond donors (Lipinski definition) is 0. The van der Waals surface area contributed by atoms with Gasteiger partial charge < -0.3 is 4.90 Å². The second-order valence-electron chi connectivity index (χ2n) is 4.72.